The van der Waals surface area contributed by atoms with Gasteiger partial charge < -0.3 is 15.4 Å². The van der Waals surface area contributed by atoms with E-state index in [0.29, 0.717) is 30.3 Å². The molecule has 1 heterocycles. The fraction of sp³-hybridized carbons (Fsp3) is 0.579. The van der Waals surface area contributed by atoms with Gasteiger partial charge in [-0.05, 0) is 38.8 Å². The first-order chi connectivity index (χ1) is 12.0. The minimum absolute atomic E-state index is 0.0709. The molecule has 0 bridgehead atoms. The molecule has 0 spiro atoms. The number of hydrogen-bond donors (Lipinski definition) is 2. The maximum absolute atomic E-state index is 12.3. The monoisotopic (exact) mass is 345 g/mol. The lowest BCUT2D eigenvalue weighted by atomic mass is 10.1. The molecule has 6 heteroatoms. The average molecular weight is 345 g/mol. The van der Waals surface area contributed by atoms with Gasteiger partial charge in [0, 0.05) is 32.1 Å². The van der Waals surface area contributed by atoms with Gasteiger partial charge in [-0.1, -0.05) is 12.1 Å². The Hall–Kier alpha value is -1.92. The first-order valence-corrected chi connectivity index (χ1v) is 9.09. The normalized spacial score (nSPS) is 23.9. The Morgan fingerprint density at radius 1 is 1.16 bits per heavy atom. The average Bonchev–Trinajstić information content (AvgIpc) is 3.36. The van der Waals surface area contributed by atoms with Crippen molar-refractivity contribution >= 4 is 17.5 Å². The van der Waals surface area contributed by atoms with E-state index in [1.807, 2.05) is 12.1 Å². The lowest BCUT2D eigenvalue weighted by molar-refractivity contribution is -0.117. The van der Waals surface area contributed by atoms with Crippen LogP contribution in [0.15, 0.2) is 24.3 Å². The smallest absolute Gasteiger partial charge is 0.253 e. The van der Waals surface area contributed by atoms with Gasteiger partial charge >= 0.3 is 0 Å². The van der Waals surface area contributed by atoms with Crippen LogP contribution < -0.4 is 10.6 Å². The summed E-state index contributed by atoms with van der Waals surface area (Å²) in [5, 5.41) is 5.85. The lowest BCUT2D eigenvalue weighted by Crippen LogP contribution is -2.46. The van der Waals surface area contributed by atoms with Crippen molar-refractivity contribution in [1.29, 1.82) is 0 Å². The van der Waals surface area contributed by atoms with Crippen LogP contribution in [0.5, 0.6) is 0 Å². The fourth-order valence-corrected chi connectivity index (χ4v) is 3.22. The summed E-state index contributed by atoms with van der Waals surface area (Å²) in [6.45, 7) is 6.49. The van der Waals surface area contributed by atoms with Crippen LogP contribution in [-0.4, -0.2) is 54.6 Å². The molecule has 1 aromatic rings. The number of anilines is 1. The Bertz CT molecular complexity index is 620. The first-order valence-electron chi connectivity index (χ1n) is 9.09. The Morgan fingerprint density at radius 3 is 2.52 bits per heavy atom. The highest BCUT2D eigenvalue weighted by Crippen LogP contribution is 2.21. The molecule has 1 aliphatic carbocycles. The quantitative estimate of drug-likeness (QED) is 0.827. The zero-order valence-electron chi connectivity index (χ0n) is 15.0. The molecule has 2 fully saturated rings. The molecule has 2 N–H and O–H groups in total. The minimum atomic E-state index is -0.116. The second-order valence-corrected chi connectivity index (χ2v) is 7.11. The highest BCUT2D eigenvalue weighted by molar-refractivity contribution is 6.03. The van der Waals surface area contributed by atoms with E-state index in [9.17, 15) is 9.59 Å². The van der Waals surface area contributed by atoms with Crippen molar-refractivity contribution in [2.45, 2.75) is 51.4 Å². The highest BCUT2D eigenvalue weighted by atomic mass is 16.5. The van der Waals surface area contributed by atoms with Gasteiger partial charge in [0.15, 0.2) is 0 Å². The van der Waals surface area contributed by atoms with Crippen LogP contribution in [0.4, 0.5) is 5.69 Å². The second-order valence-electron chi connectivity index (χ2n) is 7.11. The van der Waals surface area contributed by atoms with Crippen molar-refractivity contribution in [3.05, 3.63) is 29.8 Å². The Balaban J connectivity index is 1.53. The van der Waals surface area contributed by atoms with Gasteiger partial charge in [-0.25, -0.2) is 0 Å². The molecule has 2 aliphatic rings. The van der Waals surface area contributed by atoms with Crippen molar-refractivity contribution in [3.8, 4) is 0 Å². The molecule has 1 saturated carbocycles. The lowest BCUT2D eigenvalue weighted by Gasteiger charge is -2.35. The molecular formula is C19H27N3O3. The number of amides is 2. The summed E-state index contributed by atoms with van der Waals surface area (Å²) in [6.07, 6.45) is 2.86. The third-order valence-electron chi connectivity index (χ3n) is 4.51. The van der Waals surface area contributed by atoms with E-state index >= 15 is 0 Å². The zero-order valence-corrected chi connectivity index (χ0v) is 15.0. The van der Waals surface area contributed by atoms with E-state index in [-0.39, 0.29) is 24.0 Å². The third-order valence-corrected chi connectivity index (χ3v) is 4.51. The molecule has 0 radical (unpaired) electrons. The van der Waals surface area contributed by atoms with Crippen molar-refractivity contribution in [2.24, 2.45) is 0 Å². The van der Waals surface area contributed by atoms with Gasteiger partial charge in [0.1, 0.15) is 0 Å². The Kier molecular flexibility index (Phi) is 5.71. The molecule has 1 saturated heterocycles. The number of hydrogen-bond acceptors (Lipinski definition) is 4. The van der Waals surface area contributed by atoms with Gasteiger partial charge in [-0.3, -0.25) is 14.5 Å². The fourth-order valence-electron chi connectivity index (χ4n) is 3.22. The van der Waals surface area contributed by atoms with Gasteiger partial charge in [-0.15, -0.1) is 0 Å². The van der Waals surface area contributed by atoms with Gasteiger partial charge in [0.05, 0.1) is 23.5 Å². The Labute approximate surface area is 148 Å². The molecule has 1 aliphatic heterocycles. The van der Waals surface area contributed by atoms with E-state index in [1.54, 1.807) is 12.1 Å². The van der Waals surface area contributed by atoms with E-state index in [4.69, 9.17) is 4.74 Å². The molecule has 136 valence electrons. The van der Waals surface area contributed by atoms with E-state index < -0.39 is 0 Å². The van der Waals surface area contributed by atoms with Crippen molar-refractivity contribution in [2.75, 3.05) is 25.0 Å². The zero-order chi connectivity index (χ0) is 17.8. The van der Waals surface area contributed by atoms with E-state index in [0.717, 1.165) is 25.9 Å². The molecule has 0 aromatic heterocycles. The highest BCUT2D eigenvalue weighted by Gasteiger charge is 2.25. The molecule has 6 nitrogen and oxygen atoms in total. The standard InChI is InChI=1S/C19H27N3O3/c1-13-11-22(12-14(2)25-13)10-9-18(23)21-17-6-4-3-5-16(17)19(24)20-15-7-8-15/h3-6,13-15H,7-12H2,1-2H3,(H,20,24)(H,21,23). The number of carbonyl (C=O) groups excluding carboxylic acids is 2. The predicted molar refractivity (Wildman–Crippen MR) is 96.6 cm³/mol. The maximum Gasteiger partial charge on any atom is 0.253 e. The molecule has 2 atom stereocenters. The molecule has 2 amide bonds. The summed E-state index contributed by atoms with van der Waals surface area (Å²) in [4.78, 5) is 26.9. The van der Waals surface area contributed by atoms with E-state index in [1.165, 1.54) is 0 Å². The van der Waals surface area contributed by atoms with Crippen molar-refractivity contribution in [1.82, 2.24) is 10.2 Å². The van der Waals surface area contributed by atoms with Crippen LogP contribution in [0.3, 0.4) is 0 Å². The number of nitrogens with one attached hydrogen (secondary N) is 2. The molecular weight excluding hydrogens is 318 g/mol. The number of rotatable bonds is 6. The number of nitrogens with zero attached hydrogens (tertiary/aromatic N) is 1. The van der Waals surface area contributed by atoms with Crippen LogP contribution in [0.25, 0.3) is 0 Å². The summed E-state index contributed by atoms with van der Waals surface area (Å²) in [5.41, 5.74) is 1.10. The number of para-hydroxylation sites is 1. The number of ether oxygens (including phenoxy) is 1. The summed E-state index contributed by atoms with van der Waals surface area (Å²) < 4.78 is 5.71. The molecule has 2 unspecified atom stereocenters. The predicted octanol–water partition coefficient (Wildman–Crippen LogP) is 2.02. The summed E-state index contributed by atoms with van der Waals surface area (Å²) in [6, 6.07) is 7.46. The van der Waals surface area contributed by atoms with Crippen LogP contribution >= 0.6 is 0 Å². The van der Waals surface area contributed by atoms with Crippen LogP contribution in [0.2, 0.25) is 0 Å². The summed E-state index contributed by atoms with van der Waals surface area (Å²) >= 11 is 0. The van der Waals surface area contributed by atoms with Crippen molar-refractivity contribution < 1.29 is 14.3 Å². The van der Waals surface area contributed by atoms with Crippen LogP contribution in [0, 0.1) is 0 Å². The largest absolute Gasteiger partial charge is 0.373 e. The number of carbonyl (C=O) groups is 2. The second kappa shape index (κ2) is 7.97. The van der Waals surface area contributed by atoms with Gasteiger partial charge in [0.2, 0.25) is 5.91 Å². The topological polar surface area (TPSA) is 70.7 Å². The number of morpholine rings is 1. The number of benzene rings is 1. The van der Waals surface area contributed by atoms with Crippen LogP contribution in [-0.2, 0) is 9.53 Å². The Morgan fingerprint density at radius 2 is 1.84 bits per heavy atom. The maximum atomic E-state index is 12.3. The third kappa shape index (κ3) is 5.28. The minimum Gasteiger partial charge on any atom is -0.373 e. The van der Waals surface area contributed by atoms with Gasteiger partial charge in [0.25, 0.3) is 5.91 Å². The molecule has 25 heavy (non-hydrogen) atoms. The first kappa shape index (κ1) is 17.9. The summed E-state index contributed by atoms with van der Waals surface area (Å²) in [5.74, 6) is -0.187. The van der Waals surface area contributed by atoms with Gasteiger partial charge in [-0.2, -0.15) is 0 Å². The van der Waals surface area contributed by atoms with Crippen LogP contribution in [0.1, 0.15) is 43.5 Å². The SMILES string of the molecule is CC1CN(CCC(=O)Nc2ccccc2C(=O)NC2CC2)CC(C)O1. The van der Waals surface area contributed by atoms with E-state index in [2.05, 4.69) is 29.4 Å². The summed E-state index contributed by atoms with van der Waals surface area (Å²) in [7, 11) is 0. The van der Waals surface area contributed by atoms with Crippen molar-refractivity contribution in [3.63, 3.8) is 0 Å². The molecule has 3 rings (SSSR count). The molecule has 1 aromatic carbocycles.